The second kappa shape index (κ2) is 7.60. The number of hydrogen-bond donors (Lipinski definition) is 1. The van der Waals surface area contributed by atoms with E-state index in [2.05, 4.69) is 18.3 Å². The Labute approximate surface area is 155 Å². The molecule has 0 saturated heterocycles. The predicted octanol–water partition coefficient (Wildman–Crippen LogP) is 5.33. The van der Waals surface area contributed by atoms with Gasteiger partial charge in [-0.15, -0.1) is 23.1 Å². The Morgan fingerprint density at radius 1 is 1.42 bits per heavy atom. The van der Waals surface area contributed by atoms with E-state index in [1.54, 1.807) is 23.9 Å². The van der Waals surface area contributed by atoms with Crippen LogP contribution in [-0.2, 0) is 0 Å². The Morgan fingerprint density at radius 2 is 2.12 bits per heavy atom. The average molecular weight is 377 g/mol. The van der Waals surface area contributed by atoms with Gasteiger partial charge in [-0.1, -0.05) is 30.7 Å². The molecule has 0 radical (unpaired) electrons. The molecule has 0 atom stereocenters. The molecule has 0 bridgehead atoms. The number of thiophene rings is 1. The highest BCUT2D eigenvalue weighted by Gasteiger charge is 2.29. The van der Waals surface area contributed by atoms with E-state index in [1.165, 1.54) is 11.3 Å². The van der Waals surface area contributed by atoms with Crippen molar-refractivity contribution in [1.29, 1.82) is 5.26 Å². The summed E-state index contributed by atoms with van der Waals surface area (Å²) in [6.07, 6.45) is 3.10. The summed E-state index contributed by atoms with van der Waals surface area (Å²) < 4.78 is 0.922. The van der Waals surface area contributed by atoms with E-state index in [4.69, 9.17) is 11.6 Å². The third-order valence-corrected chi connectivity index (χ3v) is 6.59. The van der Waals surface area contributed by atoms with E-state index in [0.29, 0.717) is 15.5 Å². The Bertz CT molecular complexity index is 789. The normalized spacial score (nSPS) is 13.5. The topological polar surface area (TPSA) is 52.9 Å². The van der Waals surface area contributed by atoms with Crippen LogP contribution in [0, 0.1) is 11.3 Å². The van der Waals surface area contributed by atoms with Crippen LogP contribution in [0.2, 0.25) is 5.02 Å². The summed E-state index contributed by atoms with van der Waals surface area (Å²) in [5.41, 5.74) is 2.19. The van der Waals surface area contributed by atoms with Crippen LogP contribution in [0.5, 0.6) is 0 Å². The first-order valence-corrected chi connectivity index (χ1v) is 10.1. The Hall–Kier alpha value is -1.48. The molecule has 2 aromatic rings. The van der Waals surface area contributed by atoms with Crippen LogP contribution in [-0.4, -0.2) is 17.7 Å². The number of nitrogens with one attached hydrogen (secondary N) is 1. The second-order valence-corrected chi connectivity index (χ2v) is 8.50. The van der Waals surface area contributed by atoms with Gasteiger partial charge >= 0.3 is 0 Å². The first kappa shape index (κ1) is 17.3. The molecule has 1 heterocycles. The van der Waals surface area contributed by atoms with Crippen LogP contribution in [0.25, 0.3) is 11.1 Å². The van der Waals surface area contributed by atoms with Gasteiger partial charge < -0.3 is 5.32 Å². The lowest BCUT2D eigenvalue weighted by molar-refractivity contribution is 0.0955. The van der Waals surface area contributed by atoms with Crippen molar-refractivity contribution in [2.75, 3.05) is 5.75 Å². The van der Waals surface area contributed by atoms with E-state index in [-0.39, 0.29) is 11.9 Å². The van der Waals surface area contributed by atoms with Crippen LogP contribution in [0.1, 0.15) is 41.4 Å². The predicted molar refractivity (Wildman–Crippen MR) is 101 cm³/mol. The number of rotatable bonds is 6. The van der Waals surface area contributed by atoms with Gasteiger partial charge in [0.1, 0.15) is 10.9 Å². The highest BCUT2D eigenvalue weighted by atomic mass is 35.5. The van der Waals surface area contributed by atoms with Crippen LogP contribution in [0.4, 0.5) is 0 Å². The molecule has 1 amide bonds. The summed E-state index contributed by atoms with van der Waals surface area (Å²) in [6.45, 7) is 2.10. The van der Waals surface area contributed by atoms with E-state index in [1.807, 2.05) is 12.1 Å². The maximum absolute atomic E-state index is 12.7. The Kier molecular flexibility index (Phi) is 5.50. The lowest BCUT2D eigenvalue weighted by Crippen LogP contribution is -2.24. The lowest BCUT2D eigenvalue weighted by Gasteiger charge is -2.06. The third-order valence-electron chi connectivity index (χ3n) is 3.68. The van der Waals surface area contributed by atoms with Gasteiger partial charge in [-0.3, -0.25) is 4.79 Å². The molecule has 1 aliphatic rings. The largest absolute Gasteiger partial charge is 0.349 e. The molecule has 1 fully saturated rings. The number of carbonyl (C=O) groups excluding carboxylic acids is 1. The highest BCUT2D eigenvalue weighted by Crippen LogP contribution is 2.42. The quantitative estimate of drug-likeness (QED) is 0.693. The molecular weight excluding hydrogens is 360 g/mol. The fraction of sp³-hybridized carbons (Fsp3) is 0.333. The SMILES string of the molecule is CCCSc1sc(C(=O)NC2CC2)c(-c2ccc(Cl)cc2)c1C#N. The number of halogens is 1. The van der Waals surface area contributed by atoms with Gasteiger partial charge in [0.15, 0.2) is 0 Å². The molecule has 1 aromatic carbocycles. The monoisotopic (exact) mass is 376 g/mol. The molecule has 6 heteroatoms. The van der Waals surface area contributed by atoms with Gasteiger partial charge in [0.05, 0.1) is 9.77 Å². The summed E-state index contributed by atoms with van der Waals surface area (Å²) in [5.74, 6) is 0.853. The molecule has 0 unspecified atom stereocenters. The molecule has 3 nitrogen and oxygen atoms in total. The van der Waals surface area contributed by atoms with Gasteiger partial charge in [-0.2, -0.15) is 5.26 Å². The molecular formula is C18H17ClN2OS2. The van der Waals surface area contributed by atoms with Crippen molar-refractivity contribution in [1.82, 2.24) is 5.32 Å². The first-order chi connectivity index (χ1) is 11.6. The second-order valence-electron chi connectivity index (χ2n) is 5.68. The smallest absolute Gasteiger partial charge is 0.262 e. The van der Waals surface area contributed by atoms with Crippen molar-refractivity contribution >= 4 is 40.6 Å². The number of carbonyl (C=O) groups is 1. The summed E-state index contributed by atoms with van der Waals surface area (Å²) in [4.78, 5) is 13.3. The zero-order chi connectivity index (χ0) is 17.1. The van der Waals surface area contributed by atoms with Gasteiger partial charge in [-0.05, 0) is 42.7 Å². The molecule has 1 aliphatic carbocycles. The van der Waals surface area contributed by atoms with Gasteiger partial charge in [0.25, 0.3) is 5.91 Å². The summed E-state index contributed by atoms with van der Waals surface area (Å²) >= 11 is 9.05. The molecule has 124 valence electrons. The summed E-state index contributed by atoms with van der Waals surface area (Å²) in [5, 5.41) is 13.4. The fourth-order valence-electron chi connectivity index (χ4n) is 2.34. The number of nitrogens with zero attached hydrogens (tertiary/aromatic N) is 1. The molecule has 1 saturated carbocycles. The van der Waals surface area contributed by atoms with E-state index < -0.39 is 0 Å². The molecule has 1 aromatic heterocycles. The fourth-order valence-corrected chi connectivity index (χ4v) is 4.79. The number of nitriles is 1. The van der Waals surface area contributed by atoms with Crippen LogP contribution >= 0.6 is 34.7 Å². The summed E-state index contributed by atoms with van der Waals surface area (Å²) in [7, 11) is 0. The maximum Gasteiger partial charge on any atom is 0.262 e. The van der Waals surface area contributed by atoms with Crippen molar-refractivity contribution in [2.45, 2.75) is 36.4 Å². The van der Waals surface area contributed by atoms with Gasteiger partial charge in [0.2, 0.25) is 0 Å². The summed E-state index contributed by atoms with van der Waals surface area (Å²) in [6, 6.07) is 9.91. The number of amides is 1. The number of benzene rings is 1. The Morgan fingerprint density at radius 3 is 2.71 bits per heavy atom. The van der Waals surface area contributed by atoms with Crippen LogP contribution in [0.15, 0.2) is 28.5 Å². The minimum Gasteiger partial charge on any atom is -0.349 e. The average Bonchev–Trinajstić information content (AvgIpc) is 3.31. The Balaban J connectivity index is 2.07. The zero-order valence-corrected chi connectivity index (χ0v) is 15.7. The number of hydrogen-bond acceptors (Lipinski definition) is 4. The third kappa shape index (κ3) is 3.77. The van der Waals surface area contributed by atoms with Crippen LogP contribution in [0.3, 0.4) is 0 Å². The highest BCUT2D eigenvalue weighted by molar-refractivity contribution is 8.01. The minimum atomic E-state index is -0.0766. The van der Waals surface area contributed by atoms with E-state index in [9.17, 15) is 10.1 Å². The molecule has 24 heavy (non-hydrogen) atoms. The van der Waals surface area contributed by atoms with Gasteiger partial charge in [-0.25, -0.2) is 0 Å². The lowest BCUT2D eigenvalue weighted by atomic mass is 10.0. The van der Waals surface area contributed by atoms with Crippen molar-refractivity contribution in [3.8, 4) is 17.2 Å². The molecule has 0 aliphatic heterocycles. The molecule has 3 rings (SSSR count). The van der Waals surface area contributed by atoms with Crippen molar-refractivity contribution < 1.29 is 4.79 Å². The standard InChI is InChI=1S/C18H17ClN2OS2/c1-2-9-23-18-14(10-20)15(11-3-5-12(19)6-4-11)16(24-18)17(22)21-13-7-8-13/h3-6,13H,2,7-9H2,1H3,(H,21,22). The van der Waals surface area contributed by atoms with E-state index >= 15 is 0 Å². The van der Waals surface area contributed by atoms with Crippen molar-refractivity contribution in [3.05, 3.63) is 39.7 Å². The minimum absolute atomic E-state index is 0.0766. The van der Waals surface area contributed by atoms with Crippen molar-refractivity contribution in [3.63, 3.8) is 0 Å². The maximum atomic E-state index is 12.7. The molecule has 0 spiro atoms. The van der Waals surface area contributed by atoms with Crippen molar-refractivity contribution in [2.24, 2.45) is 0 Å². The first-order valence-electron chi connectivity index (χ1n) is 7.90. The zero-order valence-electron chi connectivity index (χ0n) is 13.3. The van der Waals surface area contributed by atoms with Crippen LogP contribution < -0.4 is 5.32 Å². The van der Waals surface area contributed by atoms with E-state index in [0.717, 1.165) is 40.4 Å². The number of thioether (sulfide) groups is 1. The van der Waals surface area contributed by atoms with Gasteiger partial charge in [0, 0.05) is 16.6 Å². The molecule has 1 N–H and O–H groups in total.